The maximum absolute atomic E-state index is 12.2. The third kappa shape index (κ3) is 5.13. The van der Waals surface area contributed by atoms with Crippen molar-refractivity contribution in [1.29, 1.82) is 0 Å². The zero-order valence-corrected chi connectivity index (χ0v) is 16.7. The highest BCUT2D eigenvalue weighted by molar-refractivity contribution is 8.01. The van der Waals surface area contributed by atoms with Crippen molar-refractivity contribution in [1.82, 2.24) is 15.5 Å². The van der Waals surface area contributed by atoms with E-state index in [4.69, 9.17) is 11.2 Å². The predicted octanol–water partition coefficient (Wildman–Crippen LogP) is 3.69. The van der Waals surface area contributed by atoms with Gasteiger partial charge in [-0.2, -0.15) is 0 Å². The van der Waals surface area contributed by atoms with Crippen LogP contribution in [-0.2, 0) is 4.79 Å². The van der Waals surface area contributed by atoms with Gasteiger partial charge in [0.05, 0.1) is 18.6 Å². The number of ether oxygens (including phenoxy) is 1. The van der Waals surface area contributed by atoms with Crippen LogP contribution in [0.1, 0.15) is 26.7 Å². The number of anilines is 2. The predicted molar refractivity (Wildman–Crippen MR) is 107 cm³/mol. The monoisotopic (exact) mass is 390 g/mol. The molecule has 0 unspecified atom stereocenters. The second-order valence-corrected chi connectivity index (χ2v) is 7.67. The summed E-state index contributed by atoms with van der Waals surface area (Å²) in [4.78, 5) is 12.2. The zero-order valence-electron chi connectivity index (χ0n) is 15.0. The minimum atomic E-state index is -0.574. The van der Waals surface area contributed by atoms with Crippen molar-refractivity contribution in [2.75, 3.05) is 18.2 Å². The average Bonchev–Trinajstić information content (AvgIpc) is 3.12. The summed E-state index contributed by atoms with van der Waals surface area (Å²) in [6, 6.07) is 7.57. The molecule has 0 aliphatic heterocycles. The van der Waals surface area contributed by atoms with E-state index in [1.807, 2.05) is 38.1 Å². The van der Waals surface area contributed by atoms with Crippen LogP contribution in [0.2, 0.25) is 0 Å². The van der Waals surface area contributed by atoms with Crippen LogP contribution in [0, 0.1) is 12.3 Å². The van der Waals surface area contributed by atoms with Crippen LogP contribution >= 0.6 is 23.1 Å². The van der Waals surface area contributed by atoms with Crippen LogP contribution in [0.4, 0.5) is 10.8 Å². The summed E-state index contributed by atoms with van der Waals surface area (Å²) in [5, 5.41) is 15.0. The molecule has 2 rings (SSSR count). The number of para-hydroxylation sites is 2. The summed E-state index contributed by atoms with van der Waals surface area (Å²) in [5.41, 5.74) is 0.236. The maximum Gasteiger partial charge on any atom is 0.231 e. The minimum Gasteiger partial charge on any atom is -0.495 e. The highest BCUT2D eigenvalue weighted by Gasteiger charge is 2.25. The van der Waals surface area contributed by atoms with Gasteiger partial charge in [0.25, 0.3) is 0 Å². The van der Waals surface area contributed by atoms with Crippen molar-refractivity contribution in [2.24, 2.45) is 0 Å². The fraction of sp³-hybridized carbons (Fsp3) is 0.389. The Morgan fingerprint density at radius 1 is 1.35 bits per heavy atom. The molecule has 1 amide bonds. The Kier molecular flexibility index (Phi) is 7.30. The average molecular weight is 391 g/mol. The van der Waals surface area contributed by atoms with Gasteiger partial charge in [0, 0.05) is 0 Å². The number of nitrogens with one attached hydrogen (secondary N) is 2. The molecule has 1 heterocycles. The molecule has 2 aromatic rings. The first-order valence-corrected chi connectivity index (χ1v) is 10.0. The SMILES string of the molecule is C#CC(CC)(CC)NC(=O)CSc1nnc(Nc2ccccc2OC)s1. The van der Waals surface area contributed by atoms with Gasteiger partial charge in [-0.25, -0.2) is 0 Å². The van der Waals surface area contributed by atoms with Crippen LogP contribution < -0.4 is 15.4 Å². The molecule has 1 aromatic heterocycles. The summed E-state index contributed by atoms with van der Waals surface area (Å²) >= 11 is 2.71. The van der Waals surface area contributed by atoms with Crippen molar-refractivity contribution in [3.05, 3.63) is 24.3 Å². The lowest BCUT2D eigenvalue weighted by molar-refractivity contribution is -0.119. The van der Waals surface area contributed by atoms with E-state index in [9.17, 15) is 4.79 Å². The lowest BCUT2D eigenvalue weighted by Gasteiger charge is -2.26. The molecular formula is C18H22N4O2S2. The van der Waals surface area contributed by atoms with Gasteiger partial charge in [-0.1, -0.05) is 55.0 Å². The molecule has 0 fully saturated rings. The fourth-order valence-electron chi connectivity index (χ4n) is 2.28. The first-order chi connectivity index (χ1) is 12.6. The highest BCUT2D eigenvalue weighted by atomic mass is 32.2. The third-order valence-electron chi connectivity index (χ3n) is 3.94. The van der Waals surface area contributed by atoms with E-state index in [0.717, 1.165) is 11.4 Å². The lowest BCUT2D eigenvalue weighted by atomic mass is 9.94. The number of hydrogen-bond acceptors (Lipinski definition) is 7. The van der Waals surface area contributed by atoms with Gasteiger partial charge in [0.2, 0.25) is 11.0 Å². The second-order valence-electron chi connectivity index (χ2n) is 5.47. The summed E-state index contributed by atoms with van der Waals surface area (Å²) in [5.74, 6) is 3.56. The molecule has 0 radical (unpaired) electrons. The number of carbonyl (C=O) groups excluding carboxylic acids is 1. The Balaban J connectivity index is 1.92. The van der Waals surface area contributed by atoms with Gasteiger partial charge < -0.3 is 15.4 Å². The smallest absolute Gasteiger partial charge is 0.231 e. The second kappa shape index (κ2) is 9.46. The van der Waals surface area contributed by atoms with Crippen LogP contribution in [0.3, 0.4) is 0 Å². The normalized spacial score (nSPS) is 10.8. The largest absolute Gasteiger partial charge is 0.495 e. The quantitative estimate of drug-likeness (QED) is 0.502. The highest BCUT2D eigenvalue weighted by Crippen LogP contribution is 2.31. The molecule has 1 aromatic carbocycles. The van der Waals surface area contributed by atoms with Gasteiger partial charge in [-0.15, -0.1) is 16.6 Å². The Bertz CT molecular complexity index is 781. The van der Waals surface area contributed by atoms with Gasteiger partial charge in [0.1, 0.15) is 11.3 Å². The number of terminal acetylenes is 1. The van der Waals surface area contributed by atoms with Gasteiger partial charge in [-0.3, -0.25) is 4.79 Å². The number of carbonyl (C=O) groups is 1. The summed E-state index contributed by atoms with van der Waals surface area (Å²) in [7, 11) is 1.61. The standard InChI is InChI=1S/C18H22N4O2S2/c1-5-18(6-2,7-3)20-15(23)12-25-17-22-21-16(26-17)19-13-10-8-9-11-14(13)24-4/h1,8-11H,6-7,12H2,2-4H3,(H,19,21)(H,20,23). The van der Waals surface area contributed by atoms with Crippen LogP contribution in [0.25, 0.3) is 0 Å². The van der Waals surface area contributed by atoms with Crippen molar-refractivity contribution in [2.45, 2.75) is 36.6 Å². The van der Waals surface area contributed by atoms with E-state index in [-0.39, 0.29) is 11.7 Å². The van der Waals surface area contributed by atoms with Crippen molar-refractivity contribution >= 4 is 39.8 Å². The molecule has 0 aliphatic carbocycles. The van der Waals surface area contributed by atoms with Gasteiger partial charge in [-0.05, 0) is 25.0 Å². The van der Waals surface area contributed by atoms with Crippen molar-refractivity contribution in [3.8, 4) is 18.1 Å². The van der Waals surface area contributed by atoms with E-state index < -0.39 is 5.54 Å². The molecule has 138 valence electrons. The molecule has 0 saturated carbocycles. The number of rotatable bonds is 9. The molecule has 0 spiro atoms. The number of benzene rings is 1. The van der Waals surface area contributed by atoms with E-state index in [0.29, 0.717) is 22.3 Å². The fourth-order valence-corrected chi connectivity index (χ4v) is 3.84. The number of aromatic nitrogens is 2. The number of nitrogens with zero attached hydrogens (tertiary/aromatic N) is 2. The summed E-state index contributed by atoms with van der Waals surface area (Å²) < 4.78 is 6.01. The van der Waals surface area contributed by atoms with E-state index in [2.05, 4.69) is 26.8 Å². The first-order valence-electron chi connectivity index (χ1n) is 8.21. The third-order valence-corrected chi connectivity index (χ3v) is 5.92. The Hall–Kier alpha value is -2.24. The van der Waals surface area contributed by atoms with Gasteiger partial charge in [0.15, 0.2) is 4.34 Å². The number of methoxy groups -OCH3 is 1. The zero-order chi connectivity index (χ0) is 19.0. The molecule has 26 heavy (non-hydrogen) atoms. The molecule has 0 atom stereocenters. The molecular weight excluding hydrogens is 368 g/mol. The molecule has 0 bridgehead atoms. The number of thioether (sulfide) groups is 1. The van der Waals surface area contributed by atoms with Crippen molar-refractivity contribution in [3.63, 3.8) is 0 Å². The molecule has 2 N–H and O–H groups in total. The van der Waals surface area contributed by atoms with Crippen LogP contribution in [0.15, 0.2) is 28.6 Å². The van der Waals surface area contributed by atoms with E-state index in [1.54, 1.807) is 7.11 Å². The molecule has 6 nitrogen and oxygen atoms in total. The van der Waals surface area contributed by atoms with Crippen LogP contribution in [-0.4, -0.2) is 34.5 Å². The van der Waals surface area contributed by atoms with Crippen molar-refractivity contribution < 1.29 is 9.53 Å². The molecule has 0 saturated heterocycles. The molecule has 8 heteroatoms. The van der Waals surface area contributed by atoms with Crippen LogP contribution in [0.5, 0.6) is 5.75 Å². The molecule has 0 aliphatic rings. The lowest BCUT2D eigenvalue weighted by Crippen LogP contribution is -2.47. The topological polar surface area (TPSA) is 76.1 Å². The minimum absolute atomic E-state index is 0.105. The Labute approximate surface area is 162 Å². The van der Waals surface area contributed by atoms with Gasteiger partial charge >= 0.3 is 0 Å². The Morgan fingerprint density at radius 3 is 2.73 bits per heavy atom. The van der Waals surface area contributed by atoms with E-state index in [1.165, 1.54) is 23.1 Å². The first kappa shape index (κ1) is 20.1. The summed E-state index contributed by atoms with van der Waals surface area (Å²) in [6.45, 7) is 3.94. The number of amides is 1. The van der Waals surface area contributed by atoms with E-state index >= 15 is 0 Å². The maximum atomic E-state index is 12.2. The Morgan fingerprint density at radius 2 is 2.08 bits per heavy atom. The number of hydrogen-bond donors (Lipinski definition) is 2. The summed E-state index contributed by atoms with van der Waals surface area (Å²) in [6.07, 6.45) is 6.97.